The van der Waals surface area contributed by atoms with Crippen molar-refractivity contribution < 1.29 is 0 Å². The summed E-state index contributed by atoms with van der Waals surface area (Å²) in [6.07, 6.45) is 7.19. The summed E-state index contributed by atoms with van der Waals surface area (Å²) in [5, 5.41) is 0. The van der Waals surface area contributed by atoms with Gasteiger partial charge in [-0.15, -0.1) is 0 Å². The summed E-state index contributed by atoms with van der Waals surface area (Å²) in [7, 11) is -0.409. The summed E-state index contributed by atoms with van der Waals surface area (Å²) in [5.41, 5.74) is 4.44. The Morgan fingerprint density at radius 2 is 1.57 bits per heavy atom. The lowest BCUT2D eigenvalue weighted by atomic mass is 9.87. The molecule has 2 aromatic rings. The Bertz CT molecular complexity index is 582. The molecule has 0 atom stereocenters. The maximum absolute atomic E-state index is 2.38. The van der Waals surface area contributed by atoms with Gasteiger partial charge in [-0.3, -0.25) is 0 Å². The fourth-order valence-corrected chi connectivity index (χ4v) is 7.66. The van der Waals surface area contributed by atoms with Crippen LogP contribution in [0.2, 0.25) is 18.1 Å². The second-order valence-corrected chi connectivity index (χ2v) is 10.6. The molecule has 1 heteroatoms. The third-order valence-electron chi connectivity index (χ3n) is 5.55. The van der Waals surface area contributed by atoms with Gasteiger partial charge in [0.1, 0.15) is 0 Å². The van der Waals surface area contributed by atoms with E-state index in [0.29, 0.717) is 0 Å². The second-order valence-electron chi connectivity index (χ2n) is 7.17. The van der Waals surface area contributed by atoms with Crippen molar-refractivity contribution in [2.75, 3.05) is 0 Å². The van der Waals surface area contributed by atoms with Gasteiger partial charge < -0.3 is 0 Å². The van der Waals surface area contributed by atoms with E-state index in [4.69, 9.17) is 0 Å². The highest BCUT2D eigenvalue weighted by Gasteiger charge is 2.24. The minimum absolute atomic E-state index is 0.409. The summed E-state index contributed by atoms with van der Waals surface area (Å²) in [4.78, 5) is 0. The summed E-state index contributed by atoms with van der Waals surface area (Å²) in [6, 6.07) is 24.8. The average molecular weight is 323 g/mol. The molecule has 0 unspecified atom stereocenters. The van der Waals surface area contributed by atoms with E-state index in [1.54, 1.807) is 23.7 Å². The first-order chi connectivity index (χ1) is 11.4. The van der Waals surface area contributed by atoms with E-state index < -0.39 is 8.80 Å². The van der Waals surface area contributed by atoms with Crippen LogP contribution in [0.3, 0.4) is 0 Å². The van der Waals surface area contributed by atoms with Gasteiger partial charge in [0.2, 0.25) is 0 Å². The number of benzene rings is 2. The minimum atomic E-state index is -0.409. The number of hydrogen-bond donors (Lipinski definition) is 0. The van der Waals surface area contributed by atoms with Crippen LogP contribution in [0.1, 0.15) is 50.5 Å². The third kappa shape index (κ3) is 4.35. The monoisotopic (exact) mass is 322 g/mol. The molecule has 3 rings (SSSR count). The Kier molecular flexibility index (Phi) is 6.10. The zero-order valence-electron chi connectivity index (χ0n) is 14.5. The van der Waals surface area contributed by atoms with E-state index in [1.807, 2.05) is 0 Å². The van der Waals surface area contributed by atoms with Gasteiger partial charge in [0, 0.05) is 8.80 Å². The molecule has 2 aromatic carbocycles. The standard InChI is InChI=1S/C22H30Si/c1-2-3-9-16-23-17-14-20(15-18-23)22-13-8-7-12-21(22)19-10-5-4-6-11-19/h4-8,10-13,20,23H,2-3,9,14-18H2,1H3. The van der Waals surface area contributed by atoms with Gasteiger partial charge in [0.15, 0.2) is 0 Å². The lowest BCUT2D eigenvalue weighted by molar-refractivity contribution is 0.604. The van der Waals surface area contributed by atoms with E-state index in [-0.39, 0.29) is 0 Å². The molecule has 0 aliphatic carbocycles. The highest BCUT2D eigenvalue weighted by atomic mass is 28.3. The van der Waals surface area contributed by atoms with Gasteiger partial charge in [-0.25, -0.2) is 0 Å². The van der Waals surface area contributed by atoms with Crippen molar-refractivity contribution in [2.45, 2.75) is 63.1 Å². The predicted octanol–water partition coefficient (Wildman–Crippen LogP) is 6.65. The van der Waals surface area contributed by atoms with E-state index in [9.17, 15) is 0 Å². The fraction of sp³-hybridized carbons (Fsp3) is 0.455. The molecule has 1 heterocycles. The molecular weight excluding hydrogens is 292 g/mol. The van der Waals surface area contributed by atoms with Gasteiger partial charge in [0.05, 0.1) is 0 Å². The van der Waals surface area contributed by atoms with Crippen LogP contribution >= 0.6 is 0 Å². The van der Waals surface area contributed by atoms with Gasteiger partial charge >= 0.3 is 0 Å². The number of unbranched alkanes of at least 4 members (excludes halogenated alkanes) is 2. The Labute approximate surface area is 143 Å². The highest BCUT2D eigenvalue weighted by molar-refractivity contribution is 6.59. The smallest absolute Gasteiger partial charge is 0.0368 e. The topological polar surface area (TPSA) is 0 Å². The zero-order valence-corrected chi connectivity index (χ0v) is 15.7. The highest BCUT2D eigenvalue weighted by Crippen LogP contribution is 2.39. The summed E-state index contributed by atoms with van der Waals surface area (Å²) >= 11 is 0. The molecule has 0 bridgehead atoms. The Morgan fingerprint density at radius 3 is 2.30 bits per heavy atom. The lowest BCUT2D eigenvalue weighted by Gasteiger charge is -2.29. The van der Waals surface area contributed by atoms with Gasteiger partial charge in [-0.05, 0) is 35.4 Å². The van der Waals surface area contributed by atoms with E-state index >= 15 is 0 Å². The van der Waals surface area contributed by atoms with Crippen LogP contribution in [0.4, 0.5) is 0 Å². The molecule has 1 fully saturated rings. The van der Waals surface area contributed by atoms with Gasteiger partial charge in [-0.1, -0.05) is 98.9 Å². The maximum atomic E-state index is 2.38. The Morgan fingerprint density at radius 1 is 0.870 bits per heavy atom. The van der Waals surface area contributed by atoms with Crippen LogP contribution < -0.4 is 0 Å². The van der Waals surface area contributed by atoms with E-state index in [2.05, 4.69) is 61.5 Å². The maximum Gasteiger partial charge on any atom is 0.0368 e. The first-order valence-electron chi connectivity index (χ1n) is 9.53. The van der Waals surface area contributed by atoms with Crippen molar-refractivity contribution in [2.24, 2.45) is 0 Å². The van der Waals surface area contributed by atoms with Crippen LogP contribution in [0.5, 0.6) is 0 Å². The van der Waals surface area contributed by atoms with Crippen molar-refractivity contribution in [3.05, 3.63) is 60.2 Å². The molecule has 1 aliphatic rings. The Hall–Kier alpha value is -1.34. The predicted molar refractivity (Wildman–Crippen MR) is 105 cm³/mol. The third-order valence-corrected chi connectivity index (χ3v) is 9.07. The fourth-order valence-electron chi connectivity index (χ4n) is 4.18. The SMILES string of the molecule is CCCCC[SiH]1CCC(c2ccccc2-c2ccccc2)CC1. The molecule has 0 amide bonds. The zero-order chi connectivity index (χ0) is 15.9. The van der Waals surface area contributed by atoms with Gasteiger partial charge in [-0.2, -0.15) is 0 Å². The molecule has 0 N–H and O–H groups in total. The number of rotatable bonds is 6. The van der Waals surface area contributed by atoms with Crippen LogP contribution in [0.25, 0.3) is 11.1 Å². The van der Waals surface area contributed by atoms with Crippen LogP contribution in [-0.4, -0.2) is 8.80 Å². The first-order valence-corrected chi connectivity index (χ1v) is 12.0. The largest absolute Gasteiger partial charge is 0.0654 e. The molecular formula is C22H30Si. The molecule has 0 nitrogen and oxygen atoms in total. The molecule has 0 aromatic heterocycles. The van der Waals surface area contributed by atoms with Gasteiger partial charge in [0.25, 0.3) is 0 Å². The summed E-state index contributed by atoms with van der Waals surface area (Å²) in [5.74, 6) is 0.793. The van der Waals surface area contributed by atoms with Crippen molar-refractivity contribution in [3.63, 3.8) is 0 Å². The molecule has 23 heavy (non-hydrogen) atoms. The molecule has 0 radical (unpaired) electrons. The normalized spacial score (nSPS) is 21.3. The minimum Gasteiger partial charge on any atom is -0.0654 e. The lowest BCUT2D eigenvalue weighted by Crippen LogP contribution is -2.20. The molecule has 0 spiro atoms. The number of hydrogen-bond acceptors (Lipinski definition) is 0. The van der Waals surface area contributed by atoms with Crippen LogP contribution in [0.15, 0.2) is 54.6 Å². The Balaban J connectivity index is 1.67. The van der Waals surface area contributed by atoms with Crippen molar-refractivity contribution in [1.82, 2.24) is 0 Å². The van der Waals surface area contributed by atoms with Crippen molar-refractivity contribution >= 4 is 8.80 Å². The summed E-state index contributed by atoms with van der Waals surface area (Å²) in [6.45, 7) is 2.32. The quantitative estimate of drug-likeness (QED) is 0.412. The summed E-state index contributed by atoms with van der Waals surface area (Å²) < 4.78 is 0. The van der Waals surface area contributed by atoms with Crippen molar-refractivity contribution in [1.29, 1.82) is 0 Å². The second kappa shape index (κ2) is 8.49. The molecule has 1 aliphatic heterocycles. The molecule has 1 saturated heterocycles. The van der Waals surface area contributed by atoms with Crippen LogP contribution in [0, 0.1) is 0 Å². The van der Waals surface area contributed by atoms with Crippen molar-refractivity contribution in [3.8, 4) is 11.1 Å². The van der Waals surface area contributed by atoms with E-state index in [1.165, 1.54) is 43.2 Å². The van der Waals surface area contributed by atoms with E-state index in [0.717, 1.165) is 5.92 Å². The molecule has 0 saturated carbocycles. The van der Waals surface area contributed by atoms with Crippen LogP contribution in [-0.2, 0) is 0 Å². The average Bonchev–Trinajstić information content (AvgIpc) is 2.63. The molecule has 122 valence electrons. The first kappa shape index (κ1) is 16.5.